The predicted molar refractivity (Wildman–Crippen MR) is 77.0 cm³/mol. The SMILES string of the molecule is CCCCCC[C@@H]1CO[C@@H](CCCCCC)CO1. The molecule has 0 spiro atoms. The van der Waals surface area contributed by atoms with E-state index in [1.54, 1.807) is 0 Å². The highest BCUT2D eigenvalue weighted by Crippen LogP contribution is 2.17. The lowest BCUT2D eigenvalue weighted by Crippen LogP contribution is -2.35. The van der Waals surface area contributed by atoms with Gasteiger partial charge in [-0.2, -0.15) is 0 Å². The van der Waals surface area contributed by atoms with Crippen LogP contribution in [0.4, 0.5) is 0 Å². The van der Waals surface area contributed by atoms with E-state index < -0.39 is 0 Å². The molecule has 108 valence electrons. The lowest BCUT2D eigenvalue weighted by molar-refractivity contribution is -0.137. The molecule has 18 heavy (non-hydrogen) atoms. The van der Waals surface area contributed by atoms with Crippen LogP contribution in [-0.4, -0.2) is 25.4 Å². The minimum Gasteiger partial charge on any atom is -0.373 e. The van der Waals surface area contributed by atoms with Crippen LogP contribution in [0.3, 0.4) is 0 Å². The Morgan fingerprint density at radius 1 is 0.667 bits per heavy atom. The Kier molecular flexibility index (Phi) is 9.59. The first-order chi connectivity index (χ1) is 8.86. The topological polar surface area (TPSA) is 18.5 Å². The van der Waals surface area contributed by atoms with Gasteiger partial charge >= 0.3 is 0 Å². The molecule has 1 aliphatic rings. The van der Waals surface area contributed by atoms with Crippen LogP contribution < -0.4 is 0 Å². The Labute approximate surface area is 113 Å². The summed E-state index contributed by atoms with van der Waals surface area (Å²) in [7, 11) is 0. The quantitative estimate of drug-likeness (QED) is 0.527. The van der Waals surface area contributed by atoms with Crippen molar-refractivity contribution < 1.29 is 9.47 Å². The highest BCUT2D eigenvalue weighted by atomic mass is 16.6. The fraction of sp³-hybridized carbons (Fsp3) is 1.00. The van der Waals surface area contributed by atoms with E-state index in [4.69, 9.17) is 9.47 Å². The Balaban J connectivity index is 1.95. The van der Waals surface area contributed by atoms with Crippen molar-refractivity contribution in [2.45, 2.75) is 90.3 Å². The van der Waals surface area contributed by atoms with E-state index in [1.165, 1.54) is 64.2 Å². The van der Waals surface area contributed by atoms with Gasteiger partial charge in [-0.25, -0.2) is 0 Å². The molecule has 0 bridgehead atoms. The molecule has 1 fully saturated rings. The maximum Gasteiger partial charge on any atom is 0.0810 e. The zero-order valence-corrected chi connectivity index (χ0v) is 12.5. The van der Waals surface area contributed by atoms with Gasteiger partial charge < -0.3 is 9.47 Å². The molecule has 0 unspecified atom stereocenters. The van der Waals surface area contributed by atoms with Crippen LogP contribution in [0.25, 0.3) is 0 Å². The summed E-state index contributed by atoms with van der Waals surface area (Å²) in [5.41, 5.74) is 0. The zero-order valence-electron chi connectivity index (χ0n) is 12.5. The second-order valence-corrected chi connectivity index (χ2v) is 5.61. The van der Waals surface area contributed by atoms with Gasteiger partial charge in [0.15, 0.2) is 0 Å². The van der Waals surface area contributed by atoms with Crippen LogP contribution in [0.15, 0.2) is 0 Å². The summed E-state index contributed by atoms with van der Waals surface area (Å²) in [5.74, 6) is 0. The molecule has 0 aromatic rings. The summed E-state index contributed by atoms with van der Waals surface area (Å²) in [5, 5.41) is 0. The van der Waals surface area contributed by atoms with E-state index >= 15 is 0 Å². The highest BCUT2D eigenvalue weighted by molar-refractivity contribution is 4.68. The molecule has 0 N–H and O–H groups in total. The predicted octanol–water partition coefficient (Wildman–Crippen LogP) is 4.71. The second kappa shape index (κ2) is 10.8. The molecule has 0 amide bonds. The van der Waals surface area contributed by atoms with Crippen LogP contribution in [0, 0.1) is 0 Å². The molecule has 0 aliphatic carbocycles. The van der Waals surface area contributed by atoms with Crippen LogP contribution >= 0.6 is 0 Å². The van der Waals surface area contributed by atoms with E-state index in [0.29, 0.717) is 12.2 Å². The molecule has 2 heteroatoms. The molecule has 2 atom stereocenters. The average molecular weight is 256 g/mol. The van der Waals surface area contributed by atoms with Crippen molar-refractivity contribution in [2.24, 2.45) is 0 Å². The smallest absolute Gasteiger partial charge is 0.0810 e. The summed E-state index contributed by atoms with van der Waals surface area (Å²) in [6.07, 6.45) is 13.7. The molecule has 1 heterocycles. The van der Waals surface area contributed by atoms with Crippen LogP contribution in [0.5, 0.6) is 0 Å². The monoisotopic (exact) mass is 256 g/mol. The maximum absolute atomic E-state index is 5.90. The lowest BCUT2D eigenvalue weighted by atomic mass is 10.1. The van der Waals surface area contributed by atoms with Crippen molar-refractivity contribution in [3.63, 3.8) is 0 Å². The second-order valence-electron chi connectivity index (χ2n) is 5.61. The summed E-state index contributed by atoms with van der Waals surface area (Å²) < 4.78 is 11.8. The molecule has 1 aliphatic heterocycles. The number of unbranched alkanes of at least 4 members (excludes halogenated alkanes) is 6. The Bertz CT molecular complexity index is 154. The molecular weight excluding hydrogens is 224 g/mol. The molecule has 0 aromatic carbocycles. The third kappa shape index (κ3) is 7.38. The first-order valence-electron chi connectivity index (χ1n) is 8.10. The normalized spacial score (nSPS) is 24.3. The average Bonchev–Trinajstić information content (AvgIpc) is 2.41. The third-order valence-electron chi connectivity index (χ3n) is 3.79. The van der Waals surface area contributed by atoms with Gasteiger partial charge in [-0.05, 0) is 12.8 Å². The summed E-state index contributed by atoms with van der Waals surface area (Å²) in [6.45, 7) is 6.15. The van der Waals surface area contributed by atoms with Crippen molar-refractivity contribution in [1.82, 2.24) is 0 Å². The van der Waals surface area contributed by atoms with Crippen LogP contribution in [0.2, 0.25) is 0 Å². The van der Waals surface area contributed by atoms with Gasteiger partial charge in [0.25, 0.3) is 0 Å². The van der Waals surface area contributed by atoms with Crippen molar-refractivity contribution >= 4 is 0 Å². The molecule has 0 radical (unpaired) electrons. The third-order valence-corrected chi connectivity index (χ3v) is 3.79. The van der Waals surface area contributed by atoms with E-state index in [1.807, 2.05) is 0 Å². The Morgan fingerprint density at radius 3 is 1.44 bits per heavy atom. The molecule has 1 saturated heterocycles. The summed E-state index contributed by atoms with van der Waals surface area (Å²) in [6, 6.07) is 0. The standard InChI is InChI=1S/C16H32O2/c1-3-5-7-9-11-15-13-18-16(14-17-15)12-10-8-6-4-2/h15-16H,3-14H2,1-2H3/t15-,16+. The Hall–Kier alpha value is -0.0800. The zero-order chi connectivity index (χ0) is 13.1. The fourth-order valence-corrected chi connectivity index (χ4v) is 2.51. The molecule has 0 saturated carbocycles. The van der Waals surface area contributed by atoms with E-state index in [-0.39, 0.29) is 0 Å². The van der Waals surface area contributed by atoms with Gasteiger partial charge in [0.1, 0.15) is 0 Å². The minimum atomic E-state index is 0.369. The van der Waals surface area contributed by atoms with Gasteiger partial charge in [0.05, 0.1) is 25.4 Å². The fourth-order valence-electron chi connectivity index (χ4n) is 2.51. The minimum absolute atomic E-state index is 0.369. The van der Waals surface area contributed by atoms with Gasteiger partial charge in [-0.15, -0.1) is 0 Å². The van der Waals surface area contributed by atoms with Gasteiger partial charge in [0, 0.05) is 0 Å². The van der Waals surface area contributed by atoms with E-state index in [0.717, 1.165) is 13.2 Å². The van der Waals surface area contributed by atoms with Crippen molar-refractivity contribution in [3.8, 4) is 0 Å². The highest BCUT2D eigenvalue weighted by Gasteiger charge is 2.21. The first kappa shape index (κ1) is 16.0. The Morgan fingerprint density at radius 2 is 1.11 bits per heavy atom. The van der Waals surface area contributed by atoms with Crippen LogP contribution in [0.1, 0.15) is 78.1 Å². The van der Waals surface area contributed by atoms with Crippen molar-refractivity contribution in [2.75, 3.05) is 13.2 Å². The largest absolute Gasteiger partial charge is 0.373 e. The van der Waals surface area contributed by atoms with Gasteiger partial charge in [-0.1, -0.05) is 65.2 Å². The molecule has 1 rings (SSSR count). The van der Waals surface area contributed by atoms with Gasteiger partial charge in [0.2, 0.25) is 0 Å². The molecular formula is C16H32O2. The summed E-state index contributed by atoms with van der Waals surface area (Å²) >= 11 is 0. The van der Waals surface area contributed by atoms with Gasteiger partial charge in [-0.3, -0.25) is 0 Å². The molecule has 0 aromatic heterocycles. The number of ether oxygens (including phenoxy) is 2. The molecule has 2 nitrogen and oxygen atoms in total. The van der Waals surface area contributed by atoms with Crippen LogP contribution in [-0.2, 0) is 9.47 Å². The number of hydrogen-bond acceptors (Lipinski definition) is 2. The maximum atomic E-state index is 5.90. The van der Waals surface area contributed by atoms with Crippen molar-refractivity contribution in [3.05, 3.63) is 0 Å². The van der Waals surface area contributed by atoms with Crippen molar-refractivity contribution in [1.29, 1.82) is 0 Å². The first-order valence-corrected chi connectivity index (χ1v) is 8.10. The summed E-state index contributed by atoms with van der Waals surface area (Å²) in [4.78, 5) is 0. The van der Waals surface area contributed by atoms with E-state index in [2.05, 4.69) is 13.8 Å². The number of hydrogen-bond donors (Lipinski definition) is 0. The van der Waals surface area contributed by atoms with E-state index in [9.17, 15) is 0 Å². The lowest BCUT2D eigenvalue weighted by Gasteiger charge is -2.29. The number of rotatable bonds is 10.